The first kappa shape index (κ1) is 15.8. The summed E-state index contributed by atoms with van der Waals surface area (Å²) in [4.78, 5) is 5.75. The largest absolute Gasteiger partial charge is 0.308 e. The van der Waals surface area contributed by atoms with Gasteiger partial charge in [0.2, 0.25) is 10.0 Å². The summed E-state index contributed by atoms with van der Waals surface area (Å²) in [5, 5.41) is -0.0186. The second-order valence-corrected chi connectivity index (χ2v) is 7.36. The summed E-state index contributed by atoms with van der Waals surface area (Å²) in [6.45, 7) is 1.02. The van der Waals surface area contributed by atoms with Gasteiger partial charge in [-0.1, -0.05) is 11.6 Å². The molecule has 102 valence electrons. The number of rotatable bonds is 5. The van der Waals surface area contributed by atoms with Gasteiger partial charge in [-0.15, -0.1) is 0 Å². The Morgan fingerprint density at radius 3 is 2.50 bits per heavy atom. The first-order valence-electron chi connectivity index (χ1n) is 5.17. The third-order valence-corrected chi connectivity index (χ3v) is 5.04. The molecule has 0 atom stereocenters. The molecular formula is C10H15BrClN3O2S. The normalized spacial score (nSPS) is 12.4. The Morgan fingerprint density at radius 2 is 1.94 bits per heavy atom. The van der Waals surface area contributed by atoms with Crippen LogP contribution in [0.5, 0.6) is 0 Å². The molecule has 1 aromatic heterocycles. The minimum absolute atomic E-state index is 0.0137. The average molecular weight is 357 g/mol. The predicted molar refractivity (Wildman–Crippen MR) is 75.3 cm³/mol. The quantitative estimate of drug-likeness (QED) is 0.753. The van der Waals surface area contributed by atoms with Crippen LogP contribution in [0.1, 0.15) is 0 Å². The summed E-state index contributed by atoms with van der Waals surface area (Å²) < 4.78 is 26.4. The molecule has 1 heterocycles. The van der Waals surface area contributed by atoms with Gasteiger partial charge in [-0.2, -0.15) is 4.31 Å². The highest BCUT2D eigenvalue weighted by molar-refractivity contribution is 9.10. The molecule has 18 heavy (non-hydrogen) atoms. The topological polar surface area (TPSA) is 53.5 Å². The maximum Gasteiger partial charge on any atom is 0.245 e. The van der Waals surface area contributed by atoms with Gasteiger partial charge in [0.25, 0.3) is 0 Å². The van der Waals surface area contributed by atoms with Crippen molar-refractivity contribution in [3.8, 4) is 0 Å². The number of pyridine rings is 1. The van der Waals surface area contributed by atoms with Crippen molar-refractivity contribution in [3.05, 3.63) is 21.9 Å². The summed E-state index contributed by atoms with van der Waals surface area (Å²) in [6, 6.07) is 1.46. The summed E-state index contributed by atoms with van der Waals surface area (Å²) in [6.07, 6.45) is 1.46. The fraction of sp³-hybridized carbons (Fsp3) is 0.500. The van der Waals surface area contributed by atoms with Gasteiger partial charge >= 0.3 is 0 Å². The minimum Gasteiger partial charge on any atom is -0.308 e. The minimum atomic E-state index is -3.61. The van der Waals surface area contributed by atoms with Crippen LogP contribution in [0.15, 0.2) is 21.6 Å². The zero-order valence-electron chi connectivity index (χ0n) is 10.4. The Bertz CT molecular complexity index is 522. The van der Waals surface area contributed by atoms with E-state index in [1.54, 1.807) is 0 Å². The Morgan fingerprint density at radius 1 is 1.33 bits per heavy atom. The van der Waals surface area contributed by atoms with Crippen molar-refractivity contribution >= 4 is 37.6 Å². The highest BCUT2D eigenvalue weighted by Gasteiger charge is 2.24. The lowest BCUT2D eigenvalue weighted by molar-refractivity contribution is 0.358. The Kier molecular flexibility index (Phi) is 5.54. The van der Waals surface area contributed by atoms with E-state index in [9.17, 15) is 8.42 Å². The van der Waals surface area contributed by atoms with E-state index in [0.717, 1.165) is 0 Å². The van der Waals surface area contributed by atoms with Crippen molar-refractivity contribution in [2.24, 2.45) is 0 Å². The Labute approximate surface area is 121 Å². The standard InChI is InChI=1S/C10H15BrClN3O2S/c1-14(2)4-5-15(3)18(16,17)9-6-8(11)7-13-10(9)12/h6-7H,4-5H2,1-3H3. The van der Waals surface area contributed by atoms with Gasteiger partial charge in [0.15, 0.2) is 0 Å². The molecule has 1 rings (SSSR count). The van der Waals surface area contributed by atoms with E-state index in [-0.39, 0.29) is 10.0 Å². The number of sulfonamides is 1. The number of nitrogens with zero attached hydrogens (tertiary/aromatic N) is 3. The van der Waals surface area contributed by atoms with Crippen molar-refractivity contribution in [1.29, 1.82) is 0 Å². The SMILES string of the molecule is CN(C)CCN(C)S(=O)(=O)c1cc(Br)cnc1Cl. The number of halogens is 2. The maximum absolute atomic E-state index is 12.3. The maximum atomic E-state index is 12.3. The van der Waals surface area contributed by atoms with Crippen LogP contribution in [0.2, 0.25) is 5.15 Å². The molecule has 0 fully saturated rings. The average Bonchev–Trinajstić information content (AvgIpc) is 2.28. The van der Waals surface area contributed by atoms with E-state index >= 15 is 0 Å². The molecule has 8 heteroatoms. The zero-order chi connectivity index (χ0) is 13.9. The van der Waals surface area contributed by atoms with Gasteiger partial charge in [-0.3, -0.25) is 0 Å². The van der Waals surface area contributed by atoms with Crippen LogP contribution in [0.4, 0.5) is 0 Å². The number of aromatic nitrogens is 1. The monoisotopic (exact) mass is 355 g/mol. The molecule has 0 aliphatic rings. The summed E-state index contributed by atoms with van der Waals surface area (Å²) >= 11 is 9.03. The van der Waals surface area contributed by atoms with E-state index in [1.807, 2.05) is 19.0 Å². The first-order chi connectivity index (χ1) is 8.25. The van der Waals surface area contributed by atoms with Crippen LogP contribution < -0.4 is 0 Å². The highest BCUT2D eigenvalue weighted by atomic mass is 79.9. The number of likely N-dealkylation sites (N-methyl/N-ethyl adjacent to an activating group) is 2. The van der Waals surface area contributed by atoms with Crippen LogP contribution >= 0.6 is 27.5 Å². The molecule has 0 amide bonds. The fourth-order valence-electron chi connectivity index (χ4n) is 1.21. The van der Waals surface area contributed by atoms with Gasteiger partial charge in [0.1, 0.15) is 10.0 Å². The molecule has 0 spiro atoms. The molecule has 0 aromatic carbocycles. The molecule has 5 nitrogen and oxygen atoms in total. The summed E-state index contributed by atoms with van der Waals surface area (Å²) in [5.74, 6) is 0. The molecule has 0 aliphatic carbocycles. The first-order valence-corrected chi connectivity index (χ1v) is 7.78. The second-order valence-electron chi connectivity index (χ2n) is 4.07. The summed E-state index contributed by atoms with van der Waals surface area (Å²) in [7, 11) is 1.68. The summed E-state index contributed by atoms with van der Waals surface area (Å²) in [5.41, 5.74) is 0. The molecule has 1 aromatic rings. The van der Waals surface area contributed by atoms with Gasteiger partial charge in [0.05, 0.1) is 0 Å². The Hall–Kier alpha value is -0.210. The number of hydrogen-bond acceptors (Lipinski definition) is 4. The van der Waals surface area contributed by atoms with E-state index < -0.39 is 10.0 Å². The second kappa shape index (κ2) is 6.29. The van der Waals surface area contributed by atoms with Crippen molar-refractivity contribution in [2.75, 3.05) is 34.2 Å². The van der Waals surface area contributed by atoms with E-state index in [2.05, 4.69) is 20.9 Å². The molecular weight excluding hydrogens is 342 g/mol. The van der Waals surface area contributed by atoms with Crippen molar-refractivity contribution in [3.63, 3.8) is 0 Å². The van der Waals surface area contributed by atoms with Gasteiger partial charge in [0, 0.05) is 30.8 Å². The lowest BCUT2D eigenvalue weighted by Crippen LogP contribution is -2.33. The Balaban J connectivity index is 3.02. The van der Waals surface area contributed by atoms with Crippen LogP contribution in [0, 0.1) is 0 Å². The molecule has 0 bridgehead atoms. The van der Waals surface area contributed by atoms with E-state index in [1.165, 1.54) is 23.6 Å². The highest BCUT2D eigenvalue weighted by Crippen LogP contribution is 2.24. The van der Waals surface area contributed by atoms with Gasteiger partial charge in [-0.05, 0) is 36.1 Å². The third kappa shape index (κ3) is 3.89. The van der Waals surface area contributed by atoms with Crippen LogP contribution in [-0.4, -0.2) is 56.8 Å². The van der Waals surface area contributed by atoms with Gasteiger partial charge in [-0.25, -0.2) is 13.4 Å². The van der Waals surface area contributed by atoms with Crippen LogP contribution in [-0.2, 0) is 10.0 Å². The fourth-order valence-corrected chi connectivity index (χ4v) is 3.29. The lowest BCUT2D eigenvalue weighted by Gasteiger charge is -2.19. The smallest absolute Gasteiger partial charge is 0.245 e. The molecule has 0 aliphatic heterocycles. The van der Waals surface area contributed by atoms with Crippen molar-refractivity contribution < 1.29 is 8.42 Å². The van der Waals surface area contributed by atoms with Gasteiger partial charge < -0.3 is 4.90 Å². The third-order valence-electron chi connectivity index (χ3n) is 2.32. The number of hydrogen-bond donors (Lipinski definition) is 0. The predicted octanol–water partition coefficient (Wildman–Crippen LogP) is 1.68. The van der Waals surface area contributed by atoms with Crippen molar-refractivity contribution in [1.82, 2.24) is 14.2 Å². The van der Waals surface area contributed by atoms with E-state index in [4.69, 9.17) is 11.6 Å². The molecule has 0 unspecified atom stereocenters. The molecule has 0 radical (unpaired) electrons. The van der Waals surface area contributed by atoms with Crippen LogP contribution in [0.25, 0.3) is 0 Å². The molecule has 0 saturated carbocycles. The lowest BCUT2D eigenvalue weighted by atomic mass is 10.5. The van der Waals surface area contributed by atoms with Crippen molar-refractivity contribution in [2.45, 2.75) is 4.90 Å². The van der Waals surface area contributed by atoms with Crippen LogP contribution in [0.3, 0.4) is 0 Å². The van der Waals surface area contributed by atoms with E-state index in [0.29, 0.717) is 17.6 Å². The zero-order valence-corrected chi connectivity index (χ0v) is 13.5. The molecule has 0 saturated heterocycles. The molecule has 0 N–H and O–H groups in total.